The van der Waals surface area contributed by atoms with E-state index in [0.717, 1.165) is 5.88 Å². The lowest BCUT2D eigenvalue weighted by atomic mass is 9.82. The van der Waals surface area contributed by atoms with Crippen LogP contribution in [0.25, 0.3) is 0 Å². The molecule has 0 aliphatic carbocycles. The molecule has 1 saturated heterocycles. The molecule has 0 amide bonds. The van der Waals surface area contributed by atoms with Crippen LogP contribution < -0.4 is 0 Å². The molecule has 96 valence electrons. The van der Waals surface area contributed by atoms with E-state index in [9.17, 15) is 0 Å². The standard InChI is InChI=1S/C14H28ClN/c1-3-14(4-2)9-12-16(13-14)11-8-6-5-7-10-15/h3-13H2,1-2H3. The van der Waals surface area contributed by atoms with E-state index in [-0.39, 0.29) is 0 Å². The molecule has 0 N–H and O–H groups in total. The van der Waals surface area contributed by atoms with E-state index >= 15 is 0 Å². The summed E-state index contributed by atoms with van der Waals surface area (Å²) in [6.07, 6.45) is 9.34. The summed E-state index contributed by atoms with van der Waals surface area (Å²) in [6, 6.07) is 0. The molecule has 1 nitrogen and oxygen atoms in total. The Morgan fingerprint density at radius 3 is 2.31 bits per heavy atom. The Kier molecular flexibility index (Phi) is 6.75. The number of hydrogen-bond donors (Lipinski definition) is 0. The summed E-state index contributed by atoms with van der Waals surface area (Å²) in [5, 5.41) is 0. The first-order valence-electron chi connectivity index (χ1n) is 7.04. The van der Waals surface area contributed by atoms with Crippen LogP contribution in [-0.2, 0) is 0 Å². The first-order valence-corrected chi connectivity index (χ1v) is 7.58. The van der Waals surface area contributed by atoms with Gasteiger partial charge in [0, 0.05) is 12.4 Å². The fourth-order valence-electron chi connectivity index (χ4n) is 2.83. The molecule has 0 spiro atoms. The van der Waals surface area contributed by atoms with Crippen molar-refractivity contribution in [3.8, 4) is 0 Å². The summed E-state index contributed by atoms with van der Waals surface area (Å²) in [7, 11) is 0. The third-order valence-corrected chi connectivity index (χ3v) is 4.64. The van der Waals surface area contributed by atoms with Crippen molar-refractivity contribution in [2.24, 2.45) is 5.41 Å². The van der Waals surface area contributed by atoms with Gasteiger partial charge in [0.1, 0.15) is 0 Å². The largest absolute Gasteiger partial charge is 0.303 e. The highest BCUT2D eigenvalue weighted by Gasteiger charge is 2.34. The fourth-order valence-corrected chi connectivity index (χ4v) is 3.02. The highest BCUT2D eigenvalue weighted by molar-refractivity contribution is 6.17. The molecule has 0 aromatic rings. The molecule has 0 unspecified atom stereocenters. The summed E-state index contributed by atoms with van der Waals surface area (Å²) >= 11 is 5.67. The molecule has 0 radical (unpaired) electrons. The monoisotopic (exact) mass is 245 g/mol. The van der Waals surface area contributed by atoms with Crippen molar-refractivity contribution < 1.29 is 0 Å². The number of nitrogens with zero attached hydrogens (tertiary/aromatic N) is 1. The van der Waals surface area contributed by atoms with Crippen molar-refractivity contribution >= 4 is 11.6 Å². The Morgan fingerprint density at radius 1 is 1.06 bits per heavy atom. The smallest absolute Gasteiger partial charge is 0.0223 e. The van der Waals surface area contributed by atoms with E-state index in [1.54, 1.807) is 0 Å². The van der Waals surface area contributed by atoms with E-state index in [2.05, 4.69) is 18.7 Å². The normalized spacial score (nSPS) is 20.4. The van der Waals surface area contributed by atoms with Crippen LogP contribution in [0.15, 0.2) is 0 Å². The highest BCUT2D eigenvalue weighted by Crippen LogP contribution is 2.36. The maximum Gasteiger partial charge on any atom is 0.0223 e. The molecule has 0 atom stereocenters. The van der Waals surface area contributed by atoms with Gasteiger partial charge in [0.15, 0.2) is 0 Å². The van der Waals surface area contributed by atoms with Gasteiger partial charge in [-0.05, 0) is 50.6 Å². The first kappa shape index (κ1) is 14.3. The summed E-state index contributed by atoms with van der Waals surface area (Å²) in [6.45, 7) is 8.69. The van der Waals surface area contributed by atoms with E-state index in [4.69, 9.17) is 11.6 Å². The maximum absolute atomic E-state index is 5.67. The fraction of sp³-hybridized carbons (Fsp3) is 1.00. The topological polar surface area (TPSA) is 3.24 Å². The van der Waals surface area contributed by atoms with Crippen LogP contribution in [0.4, 0.5) is 0 Å². The average molecular weight is 246 g/mol. The van der Waals surface area contributed by atoms with E-state index in [0.29, 0.717) is 5.41 Å². The summed E-state index contributed by atoms with van der Waals surface area (Å²) in [5.74, 6) is 0.832. The molecule has 1 fully saturated rings. The zero-order chi connectivity index (χ0) is 11.9. The predicted molar refractivity (Wildman–Crippen MR) is 73.3 cm³/mol. The number of unbranched alkanes of at least 4 members (excludes halogenated alkanes) is 3. The van der Waals surface area contributed by atoms with Crippen LogP contribution in [0, 0.1) is 5.41 Å². The van der Waals surface area contributed by atoms with Gasteiger partial charge in [-0.3, -0.25) is 0 Å². The molecular formula is C14H28ClN. The van der Waals surface area contributed by atoms with Gasteiger partial charge in [-0.15, -0.1) is 11.6 Å². The van der Waals surface area contributed by atoms with Gasteiger partial charge in [-0.2, -0.15) is 0 Å². The Hall–Kier alpha value is 0.250. The van der Waals surface area contributed by atoms with Crippen molar-refractivity contribution in [3.63, 3.8) is 0 Å². The minimum atomic E-state index is 0.649. The van der Waals surface area contributed by atoms with E-state index < -0.39 is 0 Å². The Balaban J connectivity index is 2.11. The van der Waals surface area contributed by atoms with Crippen LogP contribution in [0.3, 0.4) is 0 Å². The number of likely N-dealkylation sites (tertiary alicyclic amines) is 1. The number of rotatable bonds is 8. The summed E-state index contributed by atoms with van der Waals surface area (Å²) < 4.78 is 0. The highest BCUT2D eigenvalue weighted by atomic mass is 35.5. The Bertz CT molecular complexity index is 178. The summed E-state index contributed by atoms with van der Waals surface area (Å²) in [4.78, 5) is 2.67. The lowest BCUT2D eigenvalue weighted by Crippen LogP contribution is -2.27. The second-order valence-electron chi connectivity index (χ2n) is 5.34. The van der Waals surface area contributed by atoms with E-state index in [1.807, 2.05) is 0 Å². The molecule has 1 aliphatic heterocycles. The number of halogens is 1. The minimum Gasteiger partial charge on any atom is -0.303 e. The third kappa shape index (κ3) is 4.25. The van der Waals surface area contributed by atoms with Gasteiger partial charge in [0.2, 0.25) is 0 Å². The molecule has 1 rings (SSSR count). The van der Waals surface area contributed by atoms with Crippen molar-refractivity contribution in [2.45, 2.75) is 58.8 Å². The lowest BCUT2D eigenvalue weighted by molar-refractivity contribution is 0.238. The molecule has 2 heteroatoms. The first-order chi connectivity index (χ1) is 7.76. The number of hydrogen-bond acceptors (Lipinski definition) is 1. The predicted octanol–water partition coefficient (Wildman–Crippen LogP) is 4.30. The average Bonchev–Trinajstić information content (AvgIpc) is 2.73. The van der Waals surface area contributed by atoms with E-state index in [1.165, 1.54) is 64.6 Å². The van der Waals surface area contributed by atoms with Gasteiger partial charge in [-0.1, -0.05) is 26.7 Å². The molecule has 0 aromatic carbocycles. The minimum absolute atomic E-state index is 0.649. The molecule has 0 aromatic heterocycles. The third-order valence-electron chi connectivity index (χ3n) is 4.38. The number of alkyl halides is 1. The second-order valence-corrected chi connectivity index (χ2v) is 5.71. The van der Waals surface area contributed by atoms with Crippen LogP contribution in [-0.4, -0.2) is 30.4 Å². The molecule has 1 heterocycles. The molecule has 16 heavy (non-hydrogen) atoms. The molecular weight excluding hydrogens is 218 g/mol. The van der Waals surface area contributed by atoms with Gasteiger partial charge < -0.3 is 4.90 Å². The zero-order valence-corrected chi connectivity index (χ0v) is 11.9. The van der Waals surface area contributed by atoms with Gasteiger partial charge in [-0.25, -0.2) is 0 Å². The van der Waals surface area contributed by atoms with Crippen molar-refractivity contribution in [1.82, 2.24) is 4.90 Å². The van der Waals surface area contributed by atoms with Gasteiger partial charge >= 0.3 is 0 Å². The molecule has 1 aliphatic rings. The molecule has 0 saturated carbocycles. The van der Waals surface area contributed by atoms with Crippen molar-refractivity contribution in [2.75, 3.05) is 25.5 Å². The second kappa shape index (κ2) is 7.55. The Morgan fingerprint density at radius 2 is 1.75 bits per heavy atom. The van der Waals surface area contributed by atoms with Crippen molar-refractivity contribution in [3.05, 3.63) is 0 Å². The van der Waals surface area contributed by atoms with Crippen LogP contribution in [0.1, 0.15) is 58.8 Å². The van der Waals surface area contributed by atoms with Crippen LogP contribution in [0.5, 0.6) is 0 Å². The van der Waals surface area contributed by atoms with Crippen LogP contribution >= 0.6 is 11.6 Å². The quantitative estimate of drug-likeness (QED) is 0.455. The zero-order valence-electron chi connectivity index (χ0n) is 11.1. The van der Waals surface area contributed by atoms with Crippen molar-refractivity contribution in [1.29, 1.82) is 0 Å². The summed E-state index contributed by atoms with van der Waals surface area (Å²) in [5.41, 5.74) is 0.649. The van der Waals surface area contributed by atoms with Gasteiger partial charge in [0.05, 0.1) is 0 Å². The maximum atomic E-state index is 5.67. The Labute approximate surface area is 107 Å². The van der Waals surface area contributed by atoms with Gasteiger partial charge in [0.25, 0.3) is 0 Å². The lowest BCUT2D eigenvalue weighted by Gasteiger charge is -2.26. The van der Waals surface area contributed by atoms with Crippen LogP contribution in [0.2, 0.25) is 0 Å². The SMILES string of the molecule is CCC1(CC)CCN(CCCCCCCl)C1. The molecule has 0 bridgehead atoms.